The van der Waals surface area contributed by atoms with Crippen molar-refractivity contribution in [3.63, 3.8) is 0 Å². The Morgan fingerprint density at radius 2 is 2.07 bits per heavy atom. The molecule has 27 heavy (non-hydrogen) atoms. The van der Waals surface area contributed by atoms with Gasteiger partial charge >= 0.3 is 5.69 Å². The molecule has 1 saturated heterocycles. The largest absolute Gasteiger partial charge is 0.492 e. The number of H-pyrrole nitrogens is 1. The van der Waals surface area contributed by atoms with E-state index in [0.717, 1.165) is 19.3 Å². The summed E-state index contributed by atoms with van der Waals surface area (Å²) in [6.07, 6.45) is 2.66. The van der Waals surface area contributed by atoms with Crippen molar-refractivity contribution in [3.05, 3.63) is 32.7 Å². The fourth-order valence-electron chi connectivity index (χ4n) is 4.15. The van der Waals surface area contributed by atoms with Gasteiger partial charge in [0.25, 0.3) is 5.56 Å². The summed E-state index contributed by atoms with van der Waals surface area (Å²) in [4.78, 5) is 29.0. The minimum absolute atomic E-state index is 0.0275. The zero-order chi connectivity index (χ0) is 19.3. The average Bonchev–Trinajstić information content (AvgIpc) is 3.36. The van der Waals surface area contributed by atoms with E-state index in [-0.39, 0.29) is 17.2 Å². The normalized spacial score (nSPS) is 21.0. The van der Waals surface area contributed by atoms with Crippen molar-refractivity contribution < 1.29 is 9.13 Å². The molecule has 1 aliphatic carbocycles. The van der Waals surface area contributed by atoms with E-state index in [1.54, 1.807) is 4.57 Å². The van der Waals surface area contributed by atoms with Crippen molar-refractivity contribution in [1.29, 1.82) is 0 Å². The van der Waals surface area contributed by atoms with Crippen molar-refractivity contribution in [1.82, 2.24) is 14.9 Å². The predicted molar refractivity (Wildman–Crippen MR) is 102 cm³/mol. The first-order valence-corrected chi connectivity index (χ1v) is 9.43. The molecule has 2 atom stereocenters. The van der Waals surface area contributed by atoms with E-state index in [4.69, 9.17) is 4.74 Å². The number of halogens is 1. The molecule has 2 N–H and O–H groups in total. The second kappa shape index (κ2) is 6.67. The van der Waals surface area contributed by atoms with E-state index in [1.807, 2.05) is 11.9 Å². The Labute approximate surface area is 156 Å². The van der Waals surface area contributed by atoms with Crippen molar-refractivity contribution in [2.45, 2.75) is 38.3 Å². The Morgan fingerprint density at radius 1 is 1.33 bits per heavy atom. The maximum absolute atomic E-state index is 15.1. The molecule has 8 heteroatoms. The third-order valence-electron chi connectivity index (χ3n) is 5.93. The number of fused-ring (bicyclic) bond motifs is 1. The Morgan fingerprint density at radius 3 is 2.70 bits per heavy atom. The van der Waals surface area contributed by atoms with Crippen LogP contribution in [-0.4, -0.2) is 42.8 Å². The molecule has 0 amide bonds. The van der Waals surface area contributed by atoms with Gasteiger partial charge in [0.15, 0.2) is 11.6 Å². The highest BCUT2D eigenvalue weighted by molar-refractivity contribution is 5.91. The molecule has 4 rings (SSSR count). The molecule has 1 unspecified atom stereocenters. The van der Waals surface area contributed by atoms with Gasteiger partial charge in [-0.05, 0) is 45.2 Å². The van der Waals surface area contributed by atoms with Crippen LogP contribution in [0.3, 0.4) is 0 Å². The van der Waals surface area contributed by atoms with E-state index in [2.05, 4.69) is 17.2 Å². The molecular formula is C19H25FN4O3. The molecule has 2 fully saturated rings. The molecule has 1 aromatic heterocycles. The van der Waals surface area contributed by atoms with Crippen LogP contribution in [0.1, 0.15) is 32.2 Å². The zero-order valence-electron chi connectivity index (χ0n) is 15.8. The number of aromatic amines is 1. The number of ether oxygens (including phenoxy) is 1. The monoisotopic (exact) mass is 376 g/mol. The van der Waals surface area contributed by atoms with Gasteiger partial charge in [0.05, 0.1) is 12.5 Å². The predicted octanol–water partition coefficient (Wildman–Crippen LogP) is 1.61. The van der Waals surface area contributed by atoms with Gasteiger partial charge in [-0.3, -0.25) is 14.3 Å². The van der Waals surface area contributed by atoms with Crippen molar-refractivity contribution in [3.8, 4) is 5.75 Å². The van der Waals surface area contributed by atoms with Crippen LogP contribution in [0.25, 0.3) is 10.9 Å². The Balaban J connectivity index is 1.92. The van der Waals surface area contributed by atoms with Gasteiger partial charge < -0.3 is 15.0 Å². The van der Waals surface area contributed by atoms with Crippen LogP contribution in [0.5, 0.6) is 5.75 Å². The number of benzene rings is 1. The summed E-state index contributed by atoms with van der Waals surface area (Å²) < 4.78 is 22.2. The Hall–Kier alpha value is -2.35. The number of nitrogens with one attached hydrogen (secondary N) is 2. The summed E-state index contributed by atoms with van der Waals surface area (Å²) in [7, 11) is 3.38. The first kappa shape index (κ1) is 18.0. The van der Waals surface area contributed by atoms with Gasteiger partial charge in [-0.15, -0.1) is 0 Å². The summed E-state index contributed by atoms with van der Waals surface area (Å²) in [5.74, 6) is 0.168. The maximum atomic E-state index is 15.1. The molecule has 1 saturated carbocycles. The zero-order valence-corrected chi connectivity index (χ0v) is 15.8. The topological polar surface area (TPSA) is 79.4 Å². The van der Waals surface area contributed by atoms with E-state index >= 15 is 4.39 Å². The van der Waals surface area contributed by atoms with Gasteiger partial charge in [0.2, 0.25) is 0 Å². The van der Waals surface area contributed by atoms with Gasteiger partial charge in [0, 0.05) is 25.2 Å². The molecule has 0 spiro atoms. The van der Waals surface area contributed by atoms with Crippen LogP contribution in [0.2, 0.25) is 0 Å². The third-order valence-corrected chi connectivity index (χ3v) is 5.93. The summed E-state index contributed by atoms with van der Waals surface area (Å²) in [5, 5.41) is 3.41. The molecule has 0 radical (unpaired) electrons. The number of methoxy groups -OCH3 is 1. The molecule has 0 bridgehead atoms. The van der Waals surface area contributed by atoms with Gasteiger partial charge in [-0.25, -0.2) is 9.18 Å². The van der Waals surface area contributed by atoms with Crippen molar-refractivity contribution >= 4 is 16.6 Å². The summed E-state index contributed by atoms with van der Waals surface area (Å²) in [6.45, 7) is 3.51. The summed E-state index contributed by atoms with van der Waals surface area (Å²) in [5.41, 5.74) is -0.307. The third kappa shape index (κ3) is 2.92. The van der Waals surface area contributed by atoms with Crippen LogP contribution in [-0.2, 0) is 0 Å². The summed E-state index contributed by atoms with van der Waals surface area (Å²) in [6, 6.07) is 1.58. The first-order chi connectivity index (χ1) is 13.0. The standard InChI is InChI=1S/C19H25FN4O3/c1-10(21-2)11-6-7-23(9-11)16-14(20)8-13-15(17(16)27-3)24(12-4-5-12)19(26)22-18(13)25/h8,10-12,21H,4-7,9H2,1-3H3,(H,22,25,26)/t10-,11?/m0/s1. The first-order valence-electron chi connectivity index (χ1n) is 9.43. The molecule has 146 valence electrons. The number of hydrogen-bond donors (Lipinski definition) is 2. The van der Waals surface area contributed by atoms with Crippen molar-refractivity contribution in [2.75, 3.05) is 32.1 Å². The van der Waals surface area contributed by atoms with E-state index < -0.39 is 17.1 Å². The number of hydrogen-bond acceptors (Lipinski definition) is 5. The number of aromatic nitrogens is 2. The maximum Gasteiger partial charge on any atom is 0.329 e. The van der Waals surface area contributed by atoms with Crippen LogP contribution in [0.15, 0.2) is 15.7 Å². The lowest BCUT2D eigenvalue weighted by atomic mass is 10.0. The van der Waals surface area contributed by atoms with Crippen LogP contribution >= 0.6 is 0 Å². The second-order valence-electron chi connectivity index (χ2n) is 7.57. The smallest absolute Gasteiger partial charge is 0.329 e. The Bertz CT molecular complexity index is 995. The highest BCUT2D eigenvalue weighted by Gasteiger charge is 2.34. The number of rotatable bonds is 5. The Kier molecular flexibility index (Phi) is 4.46. The quantitative estimate of drug-likeness (QED) is 0.829. The highest BCUT2D eigenvalue weighted by Crippen LogP contribution is 2.43. The lowest BCUT2D eigenvalue weighted by Crippen LogP contribution is -2.33. The highest BCUT2D eigenvalue weighted by atomic mass is 19.1. The van der Waals surface area contributed by atoms with E-state index in [0.29, 0.717) is 36.3 Å². The molecule has 7 nitrogen and oxygen atoms in total. The minimum atomic E-state index is -0.584. The molecule has 1 aromatic carbocycles. The van der Waals surface area contributed by atoms with Crippen LogP contribution in [0.4, 0.5) is 10.1 Å². The lowest BCUT2D eigenvalue weighted by molar-refractivity contribution is 0.411. The minimum Gasteiger partial charge on any atom is -0.492 e. The van der Waals surface area contributed by atoms with Gasteiger partial charge in [0.1, 0.15) is 11.2 Å². The number of anilines is 1. The fraction of sp³-hybridized carbons (Fsp3) is 0.579. The molecule has 2 heterocycles. The second-order valence-corrected chi connectivity index (χ2v) is 7.57. The average molecular weight is 376 g/mol. The van der Waals surface area contributed by atoms with E-state index in [1.165, 1.54) is 13.2 Å². The molecule has 2 aliphatic rings. The molecular weight excluding hydrogens is 351 g/mol. The van der Waals surface area contributed by atoms with Crippen LogP contribution < -0.4 is 26.2 Å². The van der Waals surface area contributed by atoms with Crippen molar-refractivity contribution in [2.24, 2.45) is 5.92 Å². The van der Waals surface area contributed by atoms with Crippen LogP contribution in [0, 0.1) is 11.7 Å². The van der Waals surface area contributed by atoms with Gasteiger partial charge in [-0.2, -0.15) is 0 Å². The number of nitrogens with zero attached hydrogens (tertiary/aromatic N) is 2. The SMILES string of the molecule is CN[C@@H](C)C1CCN(c2c(F)cc3c(=O)[nH]c(=O)n(C4CC4)c3c2OC)C1. The lowest BCUT2D eigenvalue weighted by Gasteiger charge is -2.25. The molecule has 2 aromatic rings. The molecule has 1 aliphatic heterocycles. The fourth-order valence-corrected chi connectivity index (χ4v) is 4.15. The summed E-state index contributed by atoms with van der Waals surface area (Å²) >= 11 is 0. The van der Waals surface area contributed by atoms with Gasteiger partial charge in [-0.1, -0.05) is 0 Å². The van der Waals surface area contributed by atoms with E-state index in [9.17, 15) is 9.59 Å².